The second kappa shape index (κ2) is 6.24. The van der Waals surface area contributed by atoms with Gasteiger partial charge in [0.2, 0.25) is 16.4 Å². The molecular formula is C13H17BrN2O3S. The standard InChI is InChI=1S/C13H17BrN2O3S/c1-2-11-9-12(14)3-4-13(11)20(18,19)16-7-5-15(10-17)6-8-16/h3-4,9-10H,2,5-8H2,1H3. The van der Waals surface area contributed by atoms with Crippen molar-refractivity contribution in [3.05, 3.63) is 28.2 Å². The average molecular weight is 361 g/mol. The van der Waals surface area contributed by atoms with Gasteiger partial charge in [0.25, 0.3) is 0 Å². The molecule has 20 heavy (non-hydrogen) atoms. The van der Waals surface area contributed by atoms with Gasteiger partial charge >= 0.3 is 0 Å². The molecule has 1 aliphatic rings. The van der Waals surface area contributed by atoms with Crippen LogP contribution < -0.4 is 0 Å². The molecule has 0 aliphatic carbocycles. The zero-order valence-electron chi connectivity index (χ0n) is 11.3. The van der Waals surface area contributed by atoms with Crippen LogP contribution in [0.1, 0.15) is 12.5 Å². The summed E-state index contributed by atoms with van der Waals surface area (Å²) in [7, 11) is -3.48. The summed E-state index contributed by atoms with van der Waals surface area (Å²) in [5.74, 6) is 0. The number of amides is 1. The predicted molar refractivity (Wildman–Crippen MR) is 79.9 cm³/mol. The molecule has 1 aromatic rings. The van der Waals surface area contributed by atoms with Crippen molar-refractivity contribution >= 4 is 32.4 Å². The third kappa shape index (κ3) is 3.05. The van der Waals surface area contributed by atoms with Crippen LogP contribution in [0.25, 0.3) is 0 Å². The highest BCUT2D eigenvalue weighted by atomic mass is 79.9. The molecule has 1 fully saturated rings. The number of sulfonamides is 1. The van der Waals surface area contributed by atoms with Gasteiger partial charge in [0.15, 0.2) is 0 Å². The molecule has 0 unspecified atom stereocenters. The van der Waals surface area contributed by atoms with Gasteiger partial charge in [0.05, 0.1) is 4.90 Å². The fourth-order valence-electron chi connectivity index (χ4n) is 2.26. The molecule has 1 saturated heterocycles. The molecule has 0 radical (unpaired) electrons. The summed E-state index contributed by atoms with van der Waals surface area (Å²) < 4.78 is 27.7. The SMILES string of the molecule is CCc1cc(Br)ccc1S(=O)(=O)N1CCN(C=O)CC1. The zero-order chi connectivity index (χ0) is 14.8. The largest absolute Gasteiger partial charge is 0.343 e. The van der Waals surface area contributed by atoms with Crippen molar-refractivity contribution in [1.29, 1.82) is 0 Å². The molecule has 0 bridgehead atoms. The van der Waals surface area contributed by atoms with E-state index in [-0.39, 0.29) is 0 Å². The van der Waals surface area contributed by atoms with Crippen molar-refractivity contribution in [2.75, 3.05) is 26.2 Å². The van der Waals surface area contributed by atoms with Crippen LogP contribution in [0.5, 0.6) is 0 Å². The number of aryl methyl sites for hydroxylation is 1. The predicted octanol–water partition coefficient (Wildman–Crippen LogP) is 1.47. The van der Waals surface area contributed by atoms with Gasteiger partial charge in [-0.05, 0) is 30.2 Å². The van der Waals surface area contributed by atoms with Crippen molar-refractivity contribution < 1.29 is 13.2 Å². The maximum absolute atomic E-state index is 12.7. The average Bonchev–Trinajstić information content (AvgIpc) is 2.46. The highest BCUT2D eigenvalue weighted by Gasteiger charge is 2.29. The van der Waals surface area contributed by atoms with Crippen LogP contribution >= 0.6 is 15.9 Å². The number of piperazine rings is 1. The lowest BCUT2D eigenvalue weighted by Crippen LogP contribution is -2.48. The molecule has 1 aromatic carbocycles. The number of nitrogens with zero attached hydrogens (tertiary/aromatic N) is 2. The first-order chi connectivity index (χ1) is 9.48. The van der Waals surface area contributed by atoms with E-state index in [0.717, 1.165) is 16.4 Å². The lowest BCUT2D eigenvalue weighted by molar-refractivity contribution is -0.119. The highest BCUT2D eigenvalue weighted by Crippen LogP contribution is 2.25. The summed E-state index contributed by atoms with van der Waals surface area (Å²) in [5.41, 5.74) is 0.803. The molecule has 0 aromatic heterocycles. The summed E-state index contributed by atoms with van der Waals surface area (Å²) in [6.07, 6.45) is 1.42. The fourth-order valence-corrected chi connectivity index (χ4v) is 4.37. The number of hydrogen-bond donors (Lipinski definition) is 0. The van der Waals surface area contributed by atoms with Gasteiger partial charge in [-0.25, -0.2) is 8.42 Å². The summed E-state index contributed by atoms with van der Waals surface area (Å²) >= 11 is 3.36. The van der Waals surface area contributed by atoms with E-state index in [1.807, 2.05) is 13.0 Å². The molecule has 110 valence electrons. The van der Waals surface area contributed by atoms with Crippen molar-refractivity contribution in [3.8, 4) is 0 Å². The van der Waals surface area contributed by atoms with Gasteiger partial charge in [-0.1, -0.05) is 22.9 Å². The second-order valence-corrected chi connectivity index (χ2v) is 7.47. The van der Waals surface area contributed by atoms with Gasteiger partial charge in [-0.2, -0.15) is 4.31 Å². The van der Waals surface area contributed by atoms with E-state index in [1.165, 1.54) is 4.31 Å². The van der Waals surface area contributed by atoms with Gasteiger partial charge in [-0.15, -0.1) is 0 Å². The molecule has 0 spiro atoms. The first-order valence-corrected chi connectivity index (χ1v) is 8.70. The molecule has 0 atom stereocenters. The first-order valence-electron chi connectivity index (χ1n) is 6.47. The minimum atomic E-state index is -3.48. The first kappa shape index (κ1) is 15.5. The Morgan fingerprint density at radius 1 is 1.25 bits per heavy atom. The molecule has 5 nitrogen and oxygen atoms in total. The van der Waals surface area contributed by atoms with E-state index >= 15 is 0 Å². The maximum atomic E-state index is 12.7. The van der Waals surface area contributed by atoms with Gasteiger partial charge in [-0.3, -0.25) is 4.79 Å². The third-order valence-corrected chi connectivity index (χ3v) is 5.94. The highest BCUT2D eigenvalue weighted by molar-refractivity contribution is 9.10. The molecule has 1 heterocycles. The Hall–Kier alpha value is -0.920. The monoisotopic (exact) mass is 360 g/mol. The zero-order valence-corrected chi connectivity index (χ0v) is 13.7. The lowest BCUT2D eigenvalue weighted by Gasteiger charge is -2.32. The van der Waals surface area contributed by atoms with Crippen molar-refractivity contribution in [2.24, 2.45) is 0 Å². The summed E-state index contributed by atoms with van der Waals surface area (Å²) in [6.45, 7) is 3.52. The molecule has 0 saturated carbocycles. The third-order valence-electron chi connectivity index (χ3n) is 3.44. The Morgan fingerprint density at radius 2 is 1.90 bits per heavy atom. The van der Waals surface area contributed by atoms with E-state index in [0.29, 0.717) is 37.5 Å². The molecule has 1 amide bonds. The smallest absolute Gasteiger partial charge is 0.243 e. The van der Waals surface area contributed by atoms with Crippen molar-refractivity contribution in [1.82, 2.24) is 9.21 Å². The number of halogens is 1. The fraction of sp³-hybridized carbons (Fsp3) is 0.462. The van der Waals surface area contributed by atoms with Crippen LogP contribution in [0, 0.1) is 0 Å². The topological polar surface area (TPSA) is 57.7 Å². The quantitative estimate of drug-likeness (QED) is 0.764. The number of carbonyl (C=O) groups excluding carboxylic acids is 1. The maximum Gasteiger partial charge on any atom is 0.243 e. The number of benzene rings is 1. The Kier molecular flexibility index (Phi) is 4.82. The number of carbonyl (C=O) groups is 1. The summed E-state index contributed by atoms with van der Waals surface area (Å²) in [4.78, 5) is 12.6. The van der Waals surface area contributed by atoms with E-state index in [2.05, 4.69) is 15.9 Å². The van der Waals surface area contributed by atoms with Gasteiger partial charge in [0, 0.05) is 30.7 Å². The second-order valence-electron chi connectivity index (χ2n) is 4.65. The van der Waals surface area contributed by atoms with Crippen LogP contribution in [0.4, 0.5) is 0 Å². The molecule has 0 N–H and O–H groups in total. The van der Waals surface area contributed by atoms with Crippen molar-refractivity contribution in [3.63, 3.8) is 0 Å². The van der Waals surface area contributed by atoms with Crippen LogP contribution in [0.15, 0.2) is 27.6 Å². The van der Waals surface area contributed by atoms with Gasteiger partial charge in [0.1, 0.15) is 0 Å². The summed E-state index contributed by atoms with van der Waals surface area (Å²) in [5, 5.41) is 0. The number of hydrogen-bond acceptors (Lipinski definition) is 3. The lowest BCUT2D eigenvalue weighted by atomic mass is 10.2. The molecule has 7 heteroatoms. The van der Waals surface area contributed by atoms with E-state index in [4.69, 9.17) is 0 Å². The minimum Gasteiger partial charge on any atom is -0.343 e. The van der Waals surface area contributed by atoms with Crippen LogP contribution in [-0.2, 0) is 21.2 Å². The van der Waals surface area contributed by atoms with Gasteiger partial charge < -0.3 is 4.90 Å². The minimum absolute atomic E-state index is 0.348. The van der Waals surface area contributed by atoms with Crippen LogP contribution in [0.2, 0.25) is 0 Å². The Morgan fingerprint density at radius 3 is 2.45 bits per heavy atom. The molecule has 1 aliphatic heterocycles. The Bertz CT molecular complexity index is 596. The Balaban J connectivity index is 2.29. The van der Waals surface area contributed by atoms with Crippen LogP contribution in [-0.4, -0.2) is 50.2 Å². The van der Waals surface area contributed by atoms with E-state index in [1.54, 1.807) is 17.0 Å². The number of rotatable bonds is 4. The van der Waals surface area contributed by atoms with E-state index < -0.39 is 10.0 Å². The normalized spacial score (nSPS) is 17.2. The molecule has 2 rings (SSSR count). The van der Waals surface area contributed by atoms with E-state index in [9.17, 15) is 13.2 Å². The Labute approximate surface area is 127 Å². The molecular weight excluding hydrogens is 344 g/mol. The summed E-state index contributed by atoms with van der Waals surface area (Å²) in [6, 6.07) is 5.23. The van der Waals surface area contributed by atoms with Crippen LogP contribution in [0.3, 0.4) is 0 Å². The van der Waals surface area contributed by atoms with Crippen molar-refractivity contribution in [2.45, 2.75) is 18.2 Å².